The number of hydrogen-bond acceptors (Lipinski definition) is 3. The zero-order valence-electron chi connectivity index (χ0n) is 22.7. The molecule has 0 aliphatic heterocycles. The Morgan fingerprint density at radius 3 is 1.43 bits per heavy atom. The molecule has 0 unspecified atom stereocenters. The van der Waals surface area contributed by atoms with E-state index in [1.54, 1.807) is 0 Å². The topological polar surface area (TPSA) is 60.7 Å². The fraction of sp³-hybridized carbons (Fsp3) is 0.471. The standard InChI is InChI=1S/C34H42O3/c1-21-14-15-26(31(35)16-21)34(27-19-29(32(36)17-22(27)2)24-10-6-4-7-11-24)28-20-30(33(37)18-23(28)3)25-12-8-5-9-13-25/h14-20,24-25,34-37H,4-13H2,1-3H3. The van der Waals surface area contributed by atoms with Crippen molar-refractivity contribution in [2.45, 2.75) is 103 Å². The summed E-state index contributed by atoms with van der Waals surface area (Å²) in [7, 11) is 0. The number of rotatable bonds is 5. The van der Waals surface area contributed by atoms with Crippen LogP contribution in [0.3, 0.4) is 0 Å². The molecule has 2 aliphatic carbocycles. The van der Waals surface area contributed by atoms with Crippen LogP contribution in [0.5, 0.6) is 17.2 Å². The van der Waals surface area contributed by atoms with Crippen LogP contribution >= 0.6 is 0 Å². The fourth-order valence-corrected chi connectivity index (χ4v) is 6.96. The van der Waals surface area contributed by atoms with Crippen LogP contribution in [0.1, 0.15) is 126 Å². The monoisotopic (exact) mass is 498 g/mol. The third-order valence-electron chi connectivity index (χ3n) is 9.04. The number of phenols is 3. The van der Waals surface area contributed by atoms with Crippen molar-refractivity contribution in [3.05, 3.63) is 87.0 Å². The van der Waals surface area contributed by atoms with Crippen LogP contribution in [0.2, 0.25) is 0 Å². The molecule has 3 aromatic carbocycles. The molecule has 0 heterocycles. The molecule has 2 saturated carbocycles. The van der Waals surface area contributed by atoms with Gasteiger partial charge in [-0.15, -0.1) is 0 Å². The second-order valence-corrected chi connectivity index (χ2v) is 11.7. The van der Waals surface area contributed by atoms with Crippen LogP contribution in [0, 0.1) is 20.8 Å². The Labute approximate surface area is 222 Å². The van der Waals surface area contributed by atoms with E-state index in [4.69, 9.17) is 0 Å². The molecule has 5 rings (SSSR count). The van der Waals surface area contributed by atoms with Gasteiger partial charge in [-0.2, -0.15) is 0 Å². The highest BCUT2D eigenvalue weighted by Gasteiger charge is 2.29. The zero-order chi connectivity index (χ0) is 26.1. The molecule has 0 atom stereocenters. The molecule has 3 nitrogen and oxygen atoms in total. The maximum atomic E-state index is 11.2. The third-order valence-corrected chi connectivity index (χ3v) is 9.04. The number of phenolic OH excluding ortho intramolecular Hbond substituents is 3. The van der Waals surface area contributed by atoms with Gasteiger partial charge in [-0.3, -0.25) is 0 Å². The van der Waals surface area contributed by atoms with Crippen LogP contribution in [0.4, 0.5) is 0 Å². The zero-order valence-corrected chi connectivity index (χ0v) is 22.7. The lowest BCUT2D eigenvalue weighted by Crippen LogP contribution is -2.12. The second kappa shape index (κ2) is 10.8. The summed E-state index contributed by atoms with van der Waals surface area (Å²) in [6.45, 7) is 6.13. The largest absolute Gasteiger partial charge is 0.508 e. The van der Waals surface area contributed by atoms with Gasteiger partial charge in [-0.05, 0) is 115 Å². The predicted molar refractivity (Wildman–Crippen MR) is 151 cm³/mol. The van der Waals surface area contributed by atoms with Crippen molar-refractivity contribution in [1.82, 2.24) is 0 Å². The van der Waals surface area contributed by atoms with Gasteiger partial charge in [0.25, 0.3) is 0 Å². The molecule has 0 bridgehead atoms. The van der Waals surface area contributed by atoms with Crippen molar-refractivity contribution in [3.8, 4) is 17.2 Å². The van der Waals surface area contributed by atoms with Gasteiger partial charge < -0.3 is 15.3 Å². The summed E-state index contributed by atoms with van der Waals surface area (Å²) in [4.78, 5) is 0. The van der Waals surface area contributed by atoms with Crippen molar-refractivity contribution >= 4 is 0 Å². The molecule has 0 aromatic heterocycles. The highest BCUT2D eigenvalue weighted by molar-refractivity contribution is 5.58. The summed E-state index contributed by atoms with van der Waals surface area (Å²) in [6.07, 6.45) is 11.8. The molecule has 0 amide bonds. The average Bonchev–Trinajstić information content (AvgIpc) is 2.88. The SMILES string of the molecule is Cc1ccc(C(c2cc(C3CCCCC3)c(O)cc2C)c2cc(C3CCCCC3)c(O)cc2C)c(O)c1. The van der Waals surface area contributed by atoms with Crippen LogP contribution in [0.25, 0.3) is 0 Å². The molecule has 2 fully saturated rings. The minimum atomic E-state index is -0.188. The minimum absolute atomic E-state index is 0.188. The third kappa shape index (κ3) is 5.23. The molecule has 3 heteroatoms. The van der Waals surface area contributed by atoms with Gasteiger partial charge in [0.1, 0.15) is 17.2 Å². The van der Waals surface area contributed by atoms with E-state index in [0.717, 1.165) is 70.2 Å². The van der Waals surface area contributed by atoms with E-state index in [1.165, 1.54) is 38.5 Å². The van der Waals surface area contributed by atoms with Crippen LogP contribution in [0.15, 0.2) is 42.5 Å². The first-order valence-electron chi connectivity index (χ1n) is 14.3. The Kier molecular flexibility index (Phi) is 7.51. The molecule has 37 heavy (non-hydrogen) atoms. The lowest BCUT2D eigenvalue weighted by molar-refractivity contribution is 0.413. The smallest absolute Gasteiger partial charge is 0.119 e. The summed E-state index contributed by atoms with van der Waals surface area (Å²) >= 11 is 0. The maximum Gasteiger partial charge on any atom is 0.119 e. The van der Waals surface area contributed by atoms with Gasteiger partial charge in [-0.1, -0.05) is 62.8 Å². The van der Waals surface area contributed by atoms with Crippen LogP contribution < -0.4 is 0 Å². The first-order valence-corrected chi connectivity index (χ1v) is 14.3. The fourth-order valence-electron chi connectivity index (χ4n) is 6.96. The second-order valence-electron chi connectivity index (χ2n) is 11.7. The maximum absolute atomic E-state index is 11.2. The van der Waals surface area contributed by atoms with Crippen LogP contribution in [-0.2, 0) is 0 Å². The highest BCUT2D eigenvalue weighted by Crippen LogP contribution is 2.47. The molecular formula is C34H42O3. The summed E-state index contributed by atoms with van der Waals surface area (Å²) in [5.74, 6) is 1.64. The lowest BCUT2D eigenvalue weighted by atomic mass is 9.75. The van der Waals surface area contributed by atoms with Crippen molar-refractivity contribution < 1.29 is 15.3 Å². The molecule has 196 valence electrons. The molecule has 3 N–H and O–H groups in total. The molecule has 0 spiro atoms. The van der Waals surface area contributed by atoms with E-state index >= 15 is 0 Å². The van der Waals surface area contributed by atoms with Crippen molar-refractivity contribution in [3.63, 3.8) is 0 Å². The Balaban J connectivity index is 1.71. The van der Waals surface area contributed by atoms with E-state index in [-0.39, 0.29) is 5.92 Å². The van der Waals surface area contributed by atoms with Crippen LogP contribution in [-0.4, -0.2) is 15.3 Å². The van der Waals surface area contributed by atoms with E-state index in [0.29, 0.717) is 29.1 Å². The van der Waals surface area contributed by atoms with Gasteiger partial charge in [0.2, 0.25) is 0 Å². The van der Waals surface area contributed by atoms with Crippen molar-refractivity contribution in [2.24, 2.45) is 0 Å². The molecule has 0 saturated heterocycles. The van der Waals surface area contributed by atoms with Gasteiger partial charge in [-0.25, -0.2) is 0 Å². The molecule has 2 aliphatic rings. The van der Waals surface area contributed by atoms with E-state index in [1.807, 2.05) is 25.1 Å². The molecule has 0 radical (unpaired) electrons. The summed E-state index contributed by atoms with van der Waals surface area (Å²) in [6, 6.07) is 14.3. The highest BCUT2D eigenvalue weighted by atomic mass is 16.3. The van der Waals surface area contributed by atoms with Crippen molar-refractivity contribution in [1.29, 1.82) is 0 Å². The van der Waals surface area contributed by atoms with E-state index < -0.39 is 0 Å². The Morgan fingerprint density at radius 2 is 1.00 bits per heavy atom. The number of benzene rings is 3. The quantitative estimate of drug-likeness (QED) is 0.308. The lowest BCUT2D eigenvalue weighted by Gasteiger charge is -2.29. The number of aromatic hydroxyl groups is 3. The minimum Gasteiger partial charge on any atom is -0.508 e. The number of aryl methyl sites for hydroxylation is 3. The molecule has 3 aromatic rings. The van der Waals surface area contributed by atoms with E-state index in [9.17, 15) is 15.3 Å². The Bertz CT molecular complexity index is 1190. The summed E-state index contributed by atoms with van der Waals surface area (Å²) in [5, 5.41) is 33.2. The predicted octanol–water partition coefficient (Wildman–Crippen LogP) is 9.00. The van der Waals surface area contributed by atoms with Gasteiger partial charge in [0.15, 0.2) is 0 Å². The molecular weight excluding hydrogens is 456 g/mol. The van der Waals surface area contributed by atoms with Crippen molar-refractivity contribution in [2.75, 3.05) is 0 Å². The summed E-state index contributed by atoms with van der Waals surface area (Å²) in [5.41, 5.74) is 8.28. The average molecular weight is 499 g/mol. The van der Waals surface area contributed by atoms with E-state index in [2.05, 4.69) is 38.1 Å². The Hall–Kier alpha value is -2.94. The normalized spacial score (nSPS) is 17.4. The number of hydrogen-bond donors (Lipinski definition) is 3. The van der Waals surface area contributed by atoms with Gasteiger partial charge in [0.05, 0.1) is 0 Å². The Morgan fingerprint density at radius 1 is 0.541 bits per heavy atom. The first kappa shape index (κ1) is 25.7. The van der Waals surface area contributed by atoms with Gasteiger partial charge >= 0.3 is 0 Å². The first-order chi connectivity index (χ1) is 17.8. The van der Waals surface area contributed by atoms with Gasteiger partial charge in [0, 0.05) is 11.5 Å². The summed E-state index contributed by atoms with van der Waals surface area (Å²) < 4.78 is 0.